The summed E-state index contributed by atoms with van der Waals surface area (Å²) in [6.07, 6.45) is 6.44. The molecule has 5 aliphatic rings. The number of amides is 1. The van der Waals surface area contributed by atoms with E-state index in [1.165, 1.54) is 24.2 Å². The first-order valence-corrected chi connectivity index (χ1v) is 10.3. The van der Waals surface area contributed by atoms with Gasteiger partial charge in [-0.05, 0) is 69.1 Å². The van der Waals surface area contributed by atoms with E-state index in [-0.39, 0.29) is 6.04 Å². The molecule has 1 heterocycles. The minimum Gasteiger partial charge on any atom is -0.465 e. The van der Waals surface area contributed by atoms with Crippen LogP contribution >= 0.6 is 0 Å². The summed E-state index contributed by atoms with van der Waals surface area (Å²) in [6, 6.07) is -0.108. The Bertz CT molecular complexity index is 560. The Morgan fingerprint density at radius 2 is 1.48 bits per heavy atom. The lowest BCUT2D eigenvalue weighted by atomic mass is 9.56. The molecule has 5 fully saturated rings. The van der Waals surface area contributed by atoms with Crippen molar-refractivity contribution in [3.05, 3.63) is 0 Å². The lowest BCUT2D eigenvalue weighted by molar-refractivity contribution is 0.0330. The van der Waals surface area contributed by atoms with E-state index in [4.69, 9.17) is 5.11 Å². The van der Waals surface area contributed by atoms with Gasteiger partial charge in [0, 0.05) is 19.1 Å². The van der Waals surface area contributed by atoms with Gasteiger partial charge in [-0.15, -0.1) is 0 Å². The summed E-state index contributed by atoms with van der Waals surface area (Å²) >= 11 is 0. The topological polar surface area (TPSA) is 86.7 Å². The van der Waals surface area contributed by atoms with Crippen molar-refractivity contribution < 1.29 is 18.3 Å². The summed E-state index contributed by atoms with van der Waals surface area (Å²) < 4.78 is 28.7. The van der Waals surface area contributed by atoms with Crippen LogP contribution in [0.1, 0.15) is 51.4 Å². The monoisotopic (exact) mass is 342 g/mol. The first-order valence-electron chi connectivity index (χ1n) is 8.87. The van der Waals surface area contributed by atoms with Crippen molar-refractivity contribution >= 4 is 16.1 Å². The zero-order valence-corrected chi connectivity index (χ0v) is 14.2. The van der Waals surface area contributed by atoms with E-state index >= 15 is 0 Å². The van der Waals surface area contributed by atoms with E-state index in [2.05, 4.69) is 4.72 Å². The fourth-order valence-corrected chi connectivity index (χ4v) is 8.18. The number of nitrogens with one attached hydrogen (secondary N) is 1. The molecule has 0 aromatic carbocycles. The van der Waals surface area contributed by atoms with Gasteiger partial charge in [0.1, 0.15) is 0 Å². The third-order valence-corrected chi connectivity index (χ3v) is 8.92. The van der Waals surface area contributed by atoms with Gasteiger partial charge in [0.05, 0.1) is 4.75 Å². The average molecular weight is 342 g/mol. The fraction of sp³-hybridized carbons (Fsp3) is 0.938. The van der Waals surface area contributed by atoms with Crippen LogP contribution in [0.3, 0.4) is 0 Å². The molecular weight excluding hydrogens is 316 g/mol. The molecule has 7 heteroatoms. The highest BCUT2D eigenvalue weighted by Crippen LogP contribution is 2.58. The van der Waals surface area contributed by atoms with Crippen LogP contribution in [0.2, 0.25) is 0 Å². The normalized spacial score (nSPS) is 40.5. The standard InChI is InChI=1S/C16H26N2O4S/c19-15(20)18-3-1-14(2-4-18)17-23(21,22)16-8-11-5-12(9-16)7-13(6-11)10-16/h11-14,17H,1-10H2,(H,19,20). The van der Waals surface area contributed by atoms with Crippen molar-refractivity contribution in [1.29, 1.82) is 0 Å². The van der Waals surface area contributed by atoms with Crippen LogP contribution in [-0.4, -0.2) is 48.4 Å². The number of carboxylic acid groups (broad SMARTS) is 1. The zero-order chi connectivity index (χ0) is 16.2. The van der Waals surface area contributed by atoms with Gasteiger partial charge in [-0.3, -0.25) is 0 Å². The number of hydrogen-bond acceptors (Lipinski definition) is 3. The van der Waals surface area contributed by atoms with Crippen LogP contribution in [0, 0.1) is 17.8 Å². The number of likely N-dealkylation sites (tertiary alicyclic amines) is 1. The highest BCUT2D eigenvalue weighted by Gasteiger charge is 2.57. The maximum Gasteiger partial charge on any atom is 0.407 e. The molecule has 23 heavy (non-hydrogen) atoms. The van der Waals surface area contributed by atoms with Crippen molar-refractivity contribution in [3.8, 4) is 0 Å². The van der Waals surface area contributed by atoms with Crippen LogP contribution in [0.4, 0.5) is 4.79 Å². The second-order valence-corrected chi connectivity index (χ2v) is 10.4. The molecule has 6 nitrogen and oxygen atoms in total. The Balaban J connectivity index is 1.45. The summed E-state index contributed by atoms with van der Waals surface area (Å²) in [5.74, 6) is 1.81. The van der Waals surface area contributed by atoms with E-state index < -0.39 is 20.9 Å². The number of nitrogens with zero attached hydrogens (tertiary/aromatic N) is 1. The SMILES string of the molecule is O=C(O)N1CCC(NS(=O)(=O)C23CC4CC(CC(C4)C2)C3)CC1. The third kappa shape index (κ3) is 2.65. The van der Waals surface area contributed by atoms with Crippen LogP contribution in [0.15, 0.2) is 0 Å². The van der Waals surface area contributed by atoms with Gasteiger partial charge in [-0.25, -0.2) is 17.9 Å². The molecule has 5 rings (SSSR count). The number of piperidine rings is 1. The molecule has 0 unspecified atom stereocenters. The summed E-state index contributed by atoms with van der Waals surface area (Å²) in [5.41, 5.74) is 0. The van der Waals surface area contributed by atoms with E-state index in [9.17, 15) is 13.2 Å². The number of rotatable bonds is 3. The Morgan fingerprint density at radius 3 is 1.91 bits per heavy atom. The maximum absolute atomic E-state index is 13.1. The first-order chi connectivity index (χ1) is 10.9. The Morgan fingerprint density at radius 1 is 1.00 bits per heavy atom. The molecule has 0 spiro atoms. The number of sulfonamides is 1. The third-order valence-electron chi connectivity index (χ3n) is 6.64. The van der Waals surface area contributed by atoms with Gasteiger partial charge in [0.2, 0.25) is 10.0 Å². The summed E-state index contributed by atoms with van der Waals surface area (Å²) in [7, 11) is -3.33. The average Bonchev–Trinajstić information content (AvgIpc) is 2.45. The van der Waals surface area contributed by atoms with Crippen molar-refractivity contribution in [2.45, 2.75) is 62.2 Å². The van der Waals surface area contributed by atoms with E-state index in [0.717, 1.165) is 19.3 Å². The van der Waals surface area contributed by atoms with Gasteiger partial charge in [-0.2, -0.15) is 0 Å². The summed E-state index contributed by atoms with van der Waals surface area (Å²) in [4.78, 5) is 12.3. The second kappa shape index (κ2) is 5.34. The zero-order valence-electron chi connectivity index (χ0n) is 13.4. The Labute approximate surface area is 137 Å². The van der Waals surface area contributed by atoms with Crippen LogP contribution in [0.5, 0.6) is 0 Å². The Kier molecular flexibility index (Phi) is 3.65. The van der Waals surface area contributed by atoms with Gasteiger partial charge < -0.3 is 10.0 Å². The lowest BCUT2D eigenvalue weighted by Gasteiger charge is -2.56. The molecule has 1 saturated heterocycles. The quantitative estimate of drug-likeness (QED) is 0.821. The minimum atomic E-state index is -3.33. The molecule has 2 N–H and O–H groups in total. The molecule has 1 amide bonds. The lowest BCUT2D eigenvalue weighted by Crippen LogP contribution is -2.60. The first kappa shape index (κ1) is 15.7. The largest absolute Gasteiger partial charge is 0.465 e. The fourth-order valence-electron chi connectivity index (χ4n) is 5.89. The highest BCUT2D eigenvalue weighted by molar-refractivity contribution is 7.90. The van der Waals surface area contributed by atoms with Gasteiger partial charge in [-0.1, -0.05) is 0 Å². The van der Waals surface area contributed by atoms with Crippen molar-refractivity contribution in [3.63, 3.8) is 0 Å². The highest BCUT2D eigenvalue weighted by atomic mass is 32.2. The molecule has 0 radical (unpaired) electrons. The van der Waals surface area contributed by atoms with Crippen molar-refractivity contribution in [2.75, 3.05) is 13.1 Å². The molecule has 130 valence electrons. The van der Waals surface area contributed by atoms with Gasteiger partial charge >= 0.3 is 6.09 Å². The van der Waals surface area contributed by atoms with Crippen molar-refractivity contribution in [1.82, 2.24) is 9.62 Å². The van der Waals surface area contributed by atoms with E-state index in [1.807, 2.05) is 0 Å². The smallest absolute Gasteiger partial charge is 0.407 e. The molecule has 0 aromatic heterocycles. The van der Waals surface area contributed by atoms with Crippen LogP contribution in [0.25, 0.3) is 0 Å². The number of hydrogen-bond donors (Lipinski definition) is 2. The van der Waals surface area contributed by atoms with Gasteiger partial charge in [0.25, 0.3) is 0 Å². The summed E-state index contributed by atoms with van der Waals surface area (Å²) in [6.45, 7) is 0.840. The molecule has 4 bridgehead atoms. The minimum absolute atomic E-state index is 0.108. The second-order valence-electron chi connectivity index (χ2n) is 8.27. The maximum atomic E-state index is 13.1. The molecule has 1 aliphatic heterocycles. The van der Waals surface area contributed by atoms with Crippen LogP contribution in [-0.2, 0) is 10.0 Å². The van der Waals surface area contributed by atoms with E-state index in [1.54, 1.807) is 0 Å². The Hall–Kier alpha value is -0.820. The van der Waals surface area contributed by atoms with Crippen LogP contribution < -0.4 is 4.72 Å². The number of carbonyl (C=O) groups is 1. The predicted octanol–water partition coefficient (Wildman–Crippen LogP) is 2.02. The molecule has 4 aliphatic carbocycles. The molecule has 0 aromatic rings. The molecule has 4 saturated carbocycles. The van der Waals surface area contributed by atoms with Crippen molar-refractivity contribution in [2.24, 2.45) is 17.8 Å². The molecule has 0 atom stereocenters. The van der Waals surface area contributed by atoms with Gasteiger partial charge in [0.15, 0.2) is 0 Å². The molecular formula is C16H26N2O4S. The predicted molar refractivity (Wildman–Crippen MR) is 85.6 cm³/mol. The van der Waals surface area contributed by atoms with E-state index in [0.29, 0.717) is 43.7 Å². The summed E-state index contributed by atoms with van der Waals surface area (Å²) in [5, 5.41) is 9.00.